The fourth-order valence-electron chi connectivity index (χ4n) is 3.18. The van der Waals surface area contributed by atoms with Crippen LogP contribution in [0.4, 0.5) is 10.1 Å². The molecule has 156 valence electrons. The average molecular weight is 485 g/mol. The fourth-order valence-corrected chi connectivity index (χ4v) is 4.61. The van der Waals surface area contributed by atoms with Crippen LogP contribution in [0.2, 0.25) is 0 Å². The Morgan fingerprint density at radius 3 is 2.52 bits per heavy atom. The van der Waals surface area contributed by atoms with Crippen molar-refractivity contribution >= 4 is 37.5 Å². The molecule has 0 atom stereocenters. The molecule has 1 aliphatic rings. The number of carbonyl (C=O) groups excluding carboxylic acids is 1. The molecule has 3 rings (SSSR count). The molecular weight excluding hydrogens is 463 g/mol. The summed E-state index contributed by atoms with van der Waals surface area (Å²) >= 11 is 3.13. The zero-order valence-electron chi connectivity index (χ0n) is 16.1. The van der Waals surface area contributed by atoms with Crippen LogP contribution in [0.1, 0.15) is 30.1 Å². The van der Waals surface area contributed by atoms with E-state index in [1.165, 1.54) is 37.4 Å². The number of anilines is 1. The van der Waals surface area contributed by atoms with Gasteiger partial charge < -0.3 is 9.64 Å². The van der Waals surface area contributed by atoms with Crippen LogP contribution in [0.15, 0.2) is 45.8 Å². The third kappa shape index (κ3) is 4.90. The van der Waals surface area contributed by atoms with Gasteiger partial charge in [-0.2, -0.15) is 0 Å². The van der Waals surface area contributed by atoms with E-state index in [1.54, 1.807) is 4.90 Å². The number of sulfonamides is 1. The fraction of sp³-hybridized carbons (Fsp3) is 0.350. The minimum Gasteiger partial charge on any atom is -0.496 e. The molecule has 2 aromatic carbocycles. The second-order valence-corrected chi connectivity index (χ2v) is 9.66. The molecule has 0 saturated carbocycles. The number of halogens is 2. The van der Waals surface area contributed by atoms with Crippen molar-refractivity contribution in [2.75, 3.05) is 24.9 Å². The molecule has 1 fully saturated rings. The second kappa shape index (κ2) is 8.71. The summed E-state index contributed by atoms with van der Waals surface area (Å²) in [4.78, 5) is 14.5. The van der Waals surface area contributed by atoms with Crippen LogP contribution in [0, 0.1) is 11.7 Å². The van der Waals surface area contributed by atoms with Gasteiger partial charge in [-0.15, -0.1) is 0 Å². The summed E-state index contributed by atoms with van der Waals surface area (Å²) in [6, 6.07) is 8.05. The summed E-state index contributed by atoms with van der Waals surface area (Å²) in [6.45, 7) is 3.37. The number of methoxy groups -OCH3 is 1. The van der Waals surface area contributed by atoms with E-state index in [4.69, 9.17) is 4.74 Å². The van der Waals surface area contributed by atoms with Gasteiger partial charge in [-0.05, 0) is 55.2 Å². The number of rotatable bonds is 5. The van der Waals surface area contributed by atoms with Gasteiger partial charge in [-0.25, -0.2) is 12.8 Å². The third-order valence-corrected chi connectivity index (χ3v) is 6.81. The zero-order valence-corrected chi connectivity index (χ0v) is 18.5. The number of benzene rings is 2. The molecule has 1 aliphatic heterocycles. The first kappa shape index (κ1) is 21.6. The molecule has 1 heterocycles. The Kier molecular flexibility index (Phi) is 6.48. The van der Waals surface area contributed by atoms with Crippen LogP contribution < -0.4 is 9.46 Å². The van der Waals surface area contributed by atoms with Crippen molar-refractivity contribution in [3.8, 4) is 5.75 Å². The first-order valence-corrected chi connectivity index (χ1v) is 11.4. The Balaban J connectivity index is 1.91. The smallest absolute Gasteiger partial charge is 0.262 e. The number of piperidine rings is 1. The van der Waals surface area contributed by atoms with Crippen molar-refractivity contribution in [2.45, 2.75) is 24.7 Å². The standard InChI is InChI=1S/C20H22BrFN2O4S/c1-13-7-9-24(10-8-13)20(25)16-12-15(4-6-19(16)28-2)29(26,27)23-18-5-3-14(21)11-17(18)22/h3-6,11-13,23H,7-10H2,1-2H3. The van der Waals surface area contributed by atoms with E-state index in [0.717, 1.165) is 18.9 Å². The van der Waals surface area contributed by atoms with Crippen molar-refractivity contribution in [2.24, 2.45) is 5.92 Å². The molecule has 1 amide bonds. The molecule has 29 heavy (non-hydrogen) atoms. The van der Waals surface area contributed by atoms with Gasteiger partial charge in [0.1, 0.15) is 11.6 Å². The van der Waals surface area contributed by atoms with Crippen molar-refractivity contribution in [3.63, 3.8) is 0 Å². The van der Waals surface area contributed by atoms with Crippen LogP contribution in [0.25, 0.3) is 0 Å². The van der Waals surface area contributed by atoms with Crippen molar-refractivity contribution in [1.82, 2.24) is 4.90 Å². The highest BCUT2D eigenvalue weighted by Crippen LogP contribution is 2.28. The highest BCUT2D eigenvalue weighted by molar-refractivity contribution is 9.10. The van der Waals surface area contributed by atoms with E-state index >= 15 is 0 Å². The first-order chi connectivity index (χ1) is 13.7. The molecule has 1 saturated heterocycles. The van der Waals surface area contributed by atoms with Gasteiger partial charge in [0.15, 0.2) is 0 Å². The van der Waals surface area contributed by atoms with Crippen LogP contribution in [-0.4, -0.2) is 39.4 Å². The Morgan fingerprint density at radius 2 is 1.90 bits per heavy atom. The number of hydrogen-bond acceptors (Lipinski definition) is 4. The number of hydrogen-bond donors (Lipinski definition) is 1. The minimum atomic E-state index is -4.10. The summed E-state index contributed by atoms with van der Waals surface area (Å²) in [5, 5.41) is 0. The monoisotopic (exact) mass is 484 g/mol. The van der Waals surface area contributed by atoms with Crippen molar-refractivity contribution in [3.05, 3.63) is 52.3 Å². The second-order valence-electron chi connectivity index (χ2n) is 7.07. The number of carbonyl (C=O) groups is 1. The summed E-state index contributed by atoms with van der Waals surface area (Å²) in [5.74, 6) is -0.143. The van der Waals surface area contributed by atoms with Crippen LogP contribution in [0.3, 0.4) is 0 Å². The maximum absolute atomic E-state index is 14.1. The predicted molar refractivity (Wildman–Crippen MR) is 112 cm³/mol. The molecule has 9 heteroatoms. The predicted octanol–water partition coefficient (Wildman–Crippen LogP) is 4.27. The lowest BCUT2D eigenvalue weighted by Crippen LogP contribution is -2.38. The van der Waals surface area contributed by atoms with Crippen molar-refractivity contribution < 1.29 is 22.3 Å². The minimum absolute atomic E-state index is 0.144. The zero-order chi connectivity index (χ0) is 21.2. The topological polar surface area (TPSA) is 75.7 Å². The normalized spacial score (nSPS) is 15.2. The maximum Gasteiger partial charge on any atom is 0.262 e. The van der Waals surface area contributed by atoms with E-state index in [-0.39, 0.29) is 22.1 Å². The van der Waals surface area contributed by atoms with E-state index < -0.39 is 15.8 Å². The van der Waals surface area contributed by atoms with E-state index in [2.05, 4.69) is 27.6 Å². The summed E-state index contributed by atoms with van der Waals surface area (Å²) in [6.07, 6.45) is 1.80. The quantitative estimate of drug-likeness (QED) is 0.687. The number of amides is 1. The number of nitrogens with one attached hydrogen (secondary N) is 1. The highest BCUT2D eigenvalue weighted by Gasteiger charge is 2.26. The molecule has 0 unspecified atom stereocenters. The molecule has 0 aromatic heterocycles. The summed E-state index contributed by atoms with van der Waals surface area (Å²) in [7, 11) is -2.68. The Bertz CT molecular complexity index is 1020. The molecule has 0 radical (unpaired) electrons. The lowest BCUT2D eigenvalue weighted by Gasteiger charge is -2.30. The average Bonchev–Trinajstić information content (AvgIpc) is 2.69. The third-order valence-electron chi connectivity index (χ3n) is 4.96. The van der Waals surface area contributed by atoms with E-state index in [9.17, 15) is 17.6 Å². The number of nitrogens with zero attached hydrogens (tertiary/aromatic N) is 1. The van der Waals surface area contributed by atoms with Gasteiger partial charge >= 0.3 is 0 Å². The summed E-state index contributed by atoms with van der Waals surface area (Å²) in [5.41, 5.74) is -0.0110. The Labute approximate surface area is 178 Å². The first-order valence-electron chi connectivity index (χ1n) is 9.16. The van der Waals surface area contributed by atoms with Gasteiger partial charge in [0.25, 0.3) is 15.9 Å². The molecular formula is C20H22BrFN2O4S. The highest BCUT2D eigenvalue weighted by atomic mass is 79.9. The van der Waals surface area contributed by atoms with Crippen LogP contribution in [0.5, 0.6) is 5.75 Å². The Hall–Kier alpha value is -2.13. The Morgan fingerprint density at radius 1 is 1.21 bits per heavy atom. The van der Waals surface area contributed by atoms with E-state index in [1.807, 2.05) is 0 Å². The number of ether oxygens (including phenoxy) is 1. The molecule has 0 aliphatic carbocycles. The van der Waals surface area contributed by atoms with Gasteiger partial charge in [0.05, 0.1) is 23.3 Å². The molecule has 1 N–H and O–H groups in total. The number of likely N-dealkylation sites (tertiary alicyclic amines) is 1. The van der Waals surface area contributed by atoms with Crippen LogP contribution in [-0.2, 0) is 10.0 Å². The van der Waals surface area contributed by atoms with Gasteiger partial charge in [-0.1, -0.05) is 22.9 Å². The molecule has 6 nitrogen and oxygen atoms in total. The van der Waals surface area contributed by atoms with Crippen molar-refractivity contribution in [1.29, 1.82) is 0 Å². The van der Waals surface area contributed by atoms with E-state index in [0.29, 0.717) is 29.2 Å². The molecule has 0 spiro atoms. The lowest BCUT2D eigenvalue weighted by atomic mass is 9.98. The summed E-state index contributed by atoms with van der Waals surface area (Å²) < 4.78 is 47.6. The van der Waals surface area contributed by atoms with Gasteiger partial charge in [-0.3, -0.25) is 9.52 Å². The van der Waals surface area contributed by atoms with Gasteiger partial charge in [0.2, 0.25) is 0 Å². The molecule has 2 aromatic rings. The van der Waals surface area contributed by atoms with Gasteiger partial charge in [0, 0.05) is 17.6 Å². The lowest BCUT2D eigenvalue weighted by molar-refractivity contribution is 0.0693. The van der Waals surface area contributed by atoms with Crippen LogP contribution >= 0.6 is 15.9 Å². The largest absolute Gasteiger partial charge is 0.496 e. The SMILES string of the molecule is COc1ccc(S(=O)(=O)Nc2ccc(Br)cc2F)cc1C(=O)N1CCC(C)CC1. The molecule has 0 bridgehead atoms. The maximum atomic E-state index is 14.1.